The Kier molecular flexibility index (Phi) is 1.68. The van der Waals surface area contributed by atoms with Crippen molar-refractivity contribution in [2.75, 3.05) is 0 Å². The quantitative estimate of drug-likeness (QED) is 0.561. The van der Waals surface area contributed by atoms with Crippen LogP contribution in [0.5, 0.6) is 0 Å². The number of aliphatic hydroxyl groups is 2. The molecule has 1 unspecified atom stereocenters. The highest BCUT2D eigenvalue weighted by Crippen LogP contribution is 2.55. The number of hydrogen-bond acceptors (Lipinski definition) is 2. The lowest BCUT2D eigenvalue weighted by Crippen LogP contribution is -2.39. The molecule has 76 valence electrons. The summed E-state index contributed by atoms with van der Waals surface area (Å²) in [6.07, 6.45) is 7.26. The van der Waals surface area contributed by atoms with E-state index < -0.39 is 0 Å². The van der Waals surface area contributed by atoms with Gasteiger partial charge in [-0.2, -0.15) is 0 Å². The van der Waals surface area contributed by atoms with Gasteiger partial charge in [-0.25, -0.2) is 0 Å². The van der Waals surface area contributed by atoms with Gasteiger partial charge in [-0.3, -0.25) is 0 Å². The second-order valence-electron chi connectivity index (χ2n) is 4.92. The van der Waals surface area contributed by atoms with Crippen LogP contribution < -0.4 is 0 Å². The van der Waals surface area contributed by atoms with Crippen LogP contribution in [0.15, 0.2) is 24.3 Å². The Bertz CT molecular complexity index is 279. The smallest absolute Gasteiger partial charge is 0.0759 e. The molecule has 0 aromatic rings. The van der Waals surface area contributed by atoms with Crippen molar-refractivity contribution in [1.29, 1.82) is 0 Å². The molecule has 2 nitrogen and oxygen atoms in total. The van der Waals surface area contributed by atoms with Crippen molar-refractivity contribution < 1.29 is 10.2 Å². The van der Waals surface area contributed by atoms with Gasteiger partial charge in [-0.05, 0) is 17.8 Å². The molecule has 1 fully saturated rings. The molecule has 3 rings (SSSR count). The molecule has 0 heterocycles. The molecule has 2 N–H and O–H groups in total. The van der Waals surface area contributed by atoms with Crippen LogP contribution >= 0.6 is 0 Å². The maximum absolute atomic E-state index is 9.91. The third-order valence-corrected chi connectivity index (χ3v) is 4.40. The van der Waals surface area contributed by atoms with Crippen molar-refractivity contribution in [2.24, 2.45) is 29.6 Å². The fraction of sp³-hybridized carbons (Fsp3) is 0.667. The minimum absolute atomic E-state index is 0.250. The van der Waals surface area contributed by atoms with Crippen LogP contribution in [0.25, 0.3) is 0 Å². The monoisotopic (exact) mass is 192 g/mol. The summed E-state index contributed by atoms with van der Waals surface area (Å²) in [6, 6.07) is 0. The summed E-state index contributed by atoms with van der Waals surface area (Å²) in [5.41, 5.74) is 0. The van der Waals surface area contributed by atoms with E-state index in [4.69, 9.17) is 0 Å². The van der Waals surface area contributed by atoms with Gasteiger partial charge in [0.15, 0.2) is 0 Å². The van der Waals surface area contributed by atoms with Gasteiger partial charge >= 0.3 is 0 Å². The Morgan fingerprint density at radius 1 is 0.786 bits per heavy atom. The Morgan fingerprint density at radius 2 is 1.21 bits per heavy atom. The topological polar surface area (TPSA) is 40.5 Å². The van der Waals surface area contributed by atoms with Crippen molar-refractivity contribution in [3.8, 4) is 0 Å². The van der Waals surface area contributed by atoms with Crippen molar-refractivity contribution in [3.63, 3.8) is 0 Å². The Balaban J connectivity index is 2.02. The molecule has 0 amide bonds. The normalized spacial score (nSPS) is 59.2. The molecule has 0 saturated heterocycles. The Morgan fingerprint density at radius 3 is 1.64 bits per heavy atom. The van der Waals surface area contributed by atoms with Crippen LogP contribution in [0.4, 0.5) is 0 Å². The van der Waals surface area contributed by atoms with Crippen LogP contribution in [0.2, 0.25) is 0 Å². The second-order valence-corrected chi connectivity index (χ2v) is 4.92. The van der Waals surface area contributed by atoms with Crippen LogP contribution in [-0.2, 0) is 0 Å². The van der Waals surface area contributed by atoms with Crippen LogP contribution in [-0.4, -0.2) is 22.4 Å². The van der Waals surface area contributed by atoms with Gasteiger partial charge < -0.3 is 10.2 Å². The van der Waals surface area contributed by atoms with Gasteiger partial charge in [-0.15, -0.1) is 0 Å². The molecular weight excluding hydrogens is 176 g/mol. The lowest BCUT2D eigenvalue weighted by molar-refractivity contribution is 0.0277. The van der Waals surface area contributed by atoms with E-state index >= 15 is 0 Å². The Labute approximate surface area is 83.9 Å². The average molecular weight is 192 g/mol. The molecule has 3 aliphatic carbocycles. The fourth-order valence-electron chi connectivity index (χ4n) is 3.73. The first kappa shape index (κ1) is 8.69. The first-order valence-electron chi connectivity index (χ1n) is 5.43. The minimum atomic E-state index is -0.356. The molecular formula is C12H16O2. The average Bonchev–Trinajstić information content (AvgIpc) is 2.67. The number of fused-ring (bicyclic) bond motifs is 5. The van der Waals surface area contributed by atoms with E-state index in [2.05, 4.69) is 19.1 Å². The highest BCUT2D eigenvalue weighted by atomic mass is 16.3. The molecule has 2 heteroatoms. The largest absolute Gasteiger partial charge is 0.389 e. The van der Waals surface area contributed by atoms with E-state index in [1.807, 2.05) is 0 Å². The van der Waals surface area contributed by atoms with Crippen LogP contribution in [0.3, 0.4) is 0 Å². The number of allylic oxidation sites excluding steroid dienone is 2. The highest BCUT2D eigenvalue weighted by molar-refractivity contribution is 5.24. The van der Waals surface area contributed by atoms with Gasteiger partial charge in [-0.1, -0.05) is 31.2 Å². The molecule has 0 radical (unpaired) electrons. The molecule has 0 aliphatic heterocycles. The first-order chi connectivity index (χ1) is 6.70. The summed E-state index contributed by atoms with van der Waals surface area (Å²) < 4.78 is 0. The zero-order valence-corrected chi connectivity index (χ0v) is 8.25. The third kappa shape index (κ3) is 0.882. The van der Waals surface area contributed by atoms with E-state index in [0.717, 1.165) is 0 Å². The molecule has 2 bridgehead atoms. The van der Waals surface area contributed by atoms with E-state index in [9.17, 15) is 10.2 Å². The summed E-state index contributed by atoms with van der Waals surface area (Å²) in [5, 5.41) is 19.8. The van der Waals surface area contributed by atoms with Gasteiger partial charge in [0.05, 0.1) is 12.2 Å². The summed E-state index contributed by atoms with van der Waals surface area (Å²) in [4.78, 5) is 0. The van der Waals surface area contributed by atoms with Crippen molar-refractivity contribution >= 4 is 0 Å². The molecule has 1 saturated carbocycles. The maximum atomic E-state index is 9.91. The summed E-state index contributed by atoms with van der Waals surface area (Å²) in [7, 11) is 0. The zero-order chi connectivity index (χ0) is 9.87. The zero-order valence-electron chi connectivity index (χ0n) is 8.25. The number of aliphatic hydroxyl groups excluding tert-OH is 2. The van der Waals surface area contributed by atoms with E-state index in [-0.39, 0.29) is 24.0 Å². The molecule has 0 aromatic carbocycles. The van der Waals surface area contributed by atoms with E-state index in [1.54, 1.807) is 12.2 Å². The van der Waals surface area contributed by atoms with Crippen LogP contribution in [0.1, 0.15) is 6.92 Å². The fourth-order valence-corrected chi connectivity index (χ4v) is 3.73. The molecule has 14 heavy (non-hydrogen) atoms. The van der Waals surface area contributed by atoms with E-state index in [0.29, 0.717) is 17.8 Å². The number of rotatable bonds is 0. The summed E-state index contributed by atoms with van der Waals surface area (Å²) in [5.74, 6) is 2.04. The van der Waals surface area contributed by atoms with Crippen LogP contribution in [0, 0.1) is 29.6 Å². The van der Waals surface area contributed by atoms with Crippen molar-refractivity contribution in [1.82, 2.24) is 0 Å². The lowest BCUT2D eigenvalue weighted by Gasteiger charge is -2.36. The summed E-state index contributed by atoms with van der Waals surface area (Å²) >= 11 is 0. The van der Waals surface area contributed by atoms with Crippen molar-refractivity contribution in [3.05, 3.63) is 24.3 Å². The molecule has 7 atom stereocenters. The first-order valence-corrected chi connectivity index (χ1v) is 5.43. The minimum Gasteiger partial charge on any atom is -0.389 e. The SMILES string of the molecule is CC1[C@H]2C=C[C@@H]1[C@H]1[C@@H]2[C@@H](O)C=C[C@H]1O. The van der Waals surface area contributed by atoms with Crippen molar-refractivity contribution in [2.45, 2.75) is 19.1 Å². The molecule has 0 aromatic heterocycles. The van der Waals surface area contributed by atoms with Gasteiger partial charge in [0.1, 0.15) is 0 Å². The standard InChI is InChI=1S/C12H16O2/c1-6-7-2-3-8(6)12-10(14)5-4-9(13)11(7)12/h2-14H,1H3/t6?,7-,8+,9+,10-,11+,12-. The third-order valence-electron chi connectivity index (χ3n) is 4.40. The summed E-state index contributed by atoms with van der Waals surface area (Å²) in [6.45, 7) is 2.23. The second kappa shape index (κ2) is 2.71. The predicted octanol–water partition coefficient (Wildman–Crippen LogP) is 0.962. The molecule has 0 spiro atoms. The predicted molar refractivity (Wildman–Crippen MR) is 53.4 cm³/mol. The van der Waals surface area contributed by atoms with Gasteiger partial charge in [0.2, 0.25) is 0 Å². The van der Waals surface area contributed by atoms with Gasteiger partial charge in [0, 0.05) is 11.8 Å². The number of hydrogen-bond donors (Lipinski definition) is 2. The Hall–Kier alpha value is -0.600. The lowest BCUT2D eigenvalue weighted by atomic mass is 9.73. The van der Waals surface area contributed by atoms with Gasteiger partial charge in [0.25, 0.3) is 0 Å². The maximum Gasteiger partial charge on any atom is 0.0759 e. The highest BCUT2D eigenvalue weighted by Gasteiger charge is 2.54. The van der Waals surface area contributed by atoms with E-state index in [1.165, 1.54) is 0 Å². The molecule has 3 aliphatic rings.